The van der Waals surface area contributed by atoms with E-state index in [1.54, 1.807) is 12.3 Å². The van der Waals surface area contributed by atoms with Crippen LogP contribution in [0.5, 0.6) is 11.5 Å². The van der Waals surface area contributed by atoms with Gasteiger partial charge in [0.1, 0.15) is 17.6 Å². The van der Waals surface area contributed by atoms with Gasteiger partial charge in [0.05, 0.1) is 6.61 Å². The van der Waals surface area contributed by atoms with Crippen molar-refractivity contribution in [3.63, 3.8) is 0 Å². The summed E-state index contributed by atoms with van der Waals surface area (Å²) in [6.07, 6.45) is 13.2. The Morgan fingerprint density at radius 2 is 2.05 bits per heavy atom. The molecule has 3 aliphatic rings. The SMILES string of the molecule is O=c1cc(N2CCOC(c3cccc4c3Oc3ccc(NCc5cncc(C6C=CCC6)c5)cc3C4)C2)cc[nH]1. The number of aromatic amines is 1. The minimum atomic E-state index is -0.144. The number of ether oxygens (including phenoxy) is 2. The summed E-state index contributed by atoms with van der Waals surface area (Å²) < 4.78 is 12.7. The molecule has 2 aliphatic heterocycles. The summed E-state index contributed by atoms with van der Waals surface area (Å²) in [4.78, 5) is 21.2. The summed E-state index contributed by atoms with van der Waals surface area (Å²) in [5.74, 6) is 2.25. The number of H-pyrrole nitrogens is 1. The van der Waals surface area contributed by atoms with Crippen LogP contribution in [0.4, 0.5) is 11.4 Å². The van der Waals surface area contributed by atoms with E-state index in [1.165, 1.54) is 17.5 Å². The number of morpholine rings is 1. The second-order valence-corrected chi connectivity index (χ2v) is 10.7. The first-order chi connectivity index (χ1) is 19.7. The molecule has 2 N–H and O–H groups in total. The Bertz CT molecular complexity index is 1630. The smallest absolute Gasteiger partial charge is 0.249 e. The average molecular weight is 533 g/mol. The Balaban J connectivity index is 1.06. The molecule has 40 heavy (non-hydrogen) atoms. The number of benzene rings is 2. The van der Waals surface area contributed by atoms with Crippen LogP contribution >= 0.6 is 0 Å². The molecule has 7 heteroatoms. The molecule has 0 spiro atoms. The lowest BCUT2D eigenvalue weighted by Gasteiger charge is -2.36. The maximum Gasteiger partial charge on any atom is 0.249 e. The van der Waals surface area contributed by atoms with E-state index in [0.717, 1.165) is 65.5 Å². The highest BCUT2D eigenvalue weighted by molar-refractivity contribution is 5.59. The van der Waals surface area contributed by atoms with Gasteiger partial charge in [0, 0.05) is 79.1 Å². The van der Waals surface area contributed by atoms with Crippen molar-refractivity contribution in [2.24, 2.45) is 0 Å². The van der Waals surface area contributed by atoms with Gasteiger partial charge >= 0.3 is 0 Å². The van der Waals surface area contributed by atoms with Crippen molar-refractivity contribution >= 4 is 11.4 Å². The monoisotopic (exact) mass is 532 g/mol. The Labute approximate surface area is 233 Å². The summed E-state index contributed by atoms with van der Waals surface area (Å²) in [6, 6.07) is 18.5. The molecule has 202 valence electrons. The van der Waals surface area contributed by atoms with E-state index < -0.39 is 0 Å². The first-order valence-corrected chi connectivity index (χ1v) is 14.0. The molecule has 2 atom stereocenters. The maximum absolute atomic E-state index is 11.8. The average Bonchev–Trinajstić information content (AvgIpc) is 3.54. The zero-order valence-corrected chi connectivity index (χ0v) is 22.3. The molecule has 4 aromatic rings. The van der Waals surface area contributed by atoms with Crippen LogP contribution < -0.4 is 20.5 Å². The lowest BCUT2D eigenvalue weighted by Crippen LogP contribution is -2.39. The Morgan fingerprint density at radius 3 is 2.95 bits per heavy atom. The molecule has 2 aromatic carbocycles. The highest BCUT2D eigenvalue weighted by Gasteiger charge is 2.29. The van der Waals surface area contributed by atoms with E-state index >= 15 is 0 Å². The molecule has 1 saturated heterocycles. The Kier molecular flexibility index (Phi) is 6.57. The number of aromatic nitrogens is 2. The molecular weight excluding hydrogens is 500 g/mol. The second kappa shape index (κ2) is 10.7. The molecule has 4 heterocycles. The van der Waals surface area contributed by atoms with E-state index in [4.69, 9.17) is 9.47 Å². The number of nitrogens with one attached hydrogen (secondary N) is 2. The van der Waals surface area contributed by atoms with Crippen LogP contribution in [-0.2, 0) is 17.7 Å². The molecule has 1 fully saturated rings. The van der Waals surface area contributed by atoms with Crippen molar-refractivity contribution in [2.75, 3.05) is 29.9 Å². The van der Waals surface area contributed by atoms with E-state index in [2.05, 4.69) is 74.8 Å². The molecule has 0 radical (unpaired) electrons. The number of anilines is 2. The third-order valence-electron chi connectivity index (χ3n) is 8.07. The van der Waals surface area contributed by atoms with Crippen LogP contribution in [0.15, 0.2) is 90.1 Å². The Hall–Kier alpha value is -4.36. The fraction of sp³-hybridized carbons (Fsp3) is 0.273. The van der Waals surface area contributed by atoms with Crippen LogP contribution in [0.3, 0.4) is 0 Å². The number of pyridine rings is 2. The third kappa shape index (κ3) is 5.00. The molecule has 0 amide bonds. The molecule has 7 rings (SSSR count). The number of fused-ring (bicyclic) bond motifs is 2. The van der Waals surface area contributed by atoms with E-state index in [-0.39, 0.29) is 11.7 Å². The number of hydrogen-bond donors (Lipinski definition) is 2. The summed E-state index contributed by atoms with van der Waals surface area (Å²) >= 11 is 0. The summed E-state index contributed by atoms with van der Waals surface area (Å²) in [5, 5.41) is 3.58. The summed E-state index contributed by atoms with van der Waals surface area (Å²) in [5.41, 5.74) is 7.71. The quantitative estimate of drug-likeness (QED) is 0.258. The summed E-state index contributed by atoms with van der Waals surface area (Å²) in [7, 11) is 0. The lowest BCUT2D eigenvalue weighted by molar-refractivity contribution is 0.0384. The Morgan fingerprint density at radius 1 is 1.07 bits per heavy atom. The van der Waals surface area contributed by atoms with Crippen molar-refractivity contribution in [2.45, 2.75) is 37.8 Å². The molecule has 0 bridgehead atoms. The molecule has 1 aliphatic carbocycles. The summed E-state index contributed by atoms with van der Waals surface area (Å²) in [6.45, 7) is 2.71. The molecule has 2 unspecified atom stereocenters. The van der Waals surface area contributed by atoms with E-state index in [9.17, 15) is 4.79 Å². The van der Waals surface area contributed by atoms with Crippen molar-refractivity contribution < 1.29 is 9.47 Å². The number of allylic oxidation sites excluding steroid dienone is 2. The van der Waals surface area contributed by atoms with Gasteiger partial charge < -0.3 is 24.7 Å². The fourth-order valence-electron chi connectivity index (χ4n) is 5.99. The van der Waals surface area contributed by atoms with Gasteiger partial charge in [0.15, 0.2) is 0 Å². The standard InChI is InChI=1S/C33H32N4O3/c38-32-17-28(10-11-35-32)37-12-13-39-31(21-37)29-7-3-6-24-15-25-16-27(8-9-30(25)40-33(24)29)36-19-22-14-26(20-34-18-22)23-4-1-2-5-23/h1,3-4,6-11,14,16-18,20,23,31,36H,2,5,12-13,15,19,21H2,(H,35,38). The molecular formula is C33H32N4O3. The first-order valence-electron chi connectivity index (χ1n) is 14.0. The van der Waals surface area contributed by atoms with Crippen molar-refractivity contribution in [3.05, 3.63) is 124 Å². The molecule has 2 aromatic heterocycles. The number of hydrogen-bond acceptors (Lipinski definition) is 6. The van der Waals surface area contributed by atoms with Gasteiger partial charge in [0.25, 0.3) is 0 Å². The topological polar surface area (TPSA) is 79.5 Å². The van der Waals surface area contributed by atoms with Crippen LogP contribution in [0.2, 0.25) is 0 Å². The van der Waals surface area contributed by atoms with Crippen LogP contribution in [0.1, 0.15) is 52.7 Å². The molecule has 7 nitrogen and oxygen atoms in total. The van der Waals surface area contributed by atoms with Gasteiger partial charge in [-0.2, -0.15) is 0 Å². The van der Waals surface area contributed by atoms with Crippen molar-refractivity contribution in [1.82, 2.24) is 9.97 Å². The van der Waals surface area contributed by atoms with E-state index in [1.807, 2.05) is 18.5 Å². The minimum absolute atomic E-state index is 0.0990. The van der Waals surface area contributed by atoms with Gasteiger partial charge in [-0.3, -0.25) is 9.78 Å². The number of rotatable bonds is 6. The maximum atomic E-state index is 11.8. The van der Waals surface area contributed by atoms with Gasteiger partial charge in [-0.1, -0.05) is 36.4 Å². The van der Waals surface area contributed by atoms with Crippen LogP contribution in [0, 0.1) is 0 Å². The van der Waals surface area contributed by atoms with Crippen LogP contribution in [-0.4, -0.2) is 29.7 Å². The van der Waals surface area contributed by atoms with Gasteiger partial charge in [-0.15, -0.1) is 0 Å². The zero-order valence-electron chi connectivity index (χ0n) is 22.3. The number of nitrogens with zero attached hydrogens (tertiary/aromatic N) is 2. The fourth-order valence-corrected chi connectivity index (χ4v) is 5.99. The third-order valence-corrected chi connectivity index (χ3v) is 8.07. The van der Waals surface area contributed by atoms with E-state index in [0.29, 0.717) is 19.1 Å². The van der Waals surface area contributed by atoms with Crippen molar-refractivity contribution in [3.8, 4) is 11.5 Å². The minimum Gasteiger partial charge on any atom is -0.456 e. The highest BCUT2D eigenvalue weighted by Crippen LogP contribution is 2.43. The van der Waals surface area contributed by atoms with Gasteiger partial charge in [-0.25, -0.2) is 0 Å². The molecule has 0 saturated carbocycles. The largest absolute Gasteiger partial charge is 0.456 e. The normalized spacial score (nSPS) is 19.6. The first kappa shape index (κ1) is 24.7. The highest BCUT2D eigenvalue weighted by atomic mass is 16.5. The number of para-hydroxylation sites is 1. The van der Waals surface area contributed by atoms with Crippen molar-refractivity contribution in [1.29, 1.82) is 0 Å². The van der Waals surface area contributed by atoms with Gasteiger partial charge in [-0.05, 0) is 53.8 Å². The van der Waals surface area contributed by atoms with Gasteiger partial charge in [0.2, 0.25) is 5.56 Å². The second-order valence-electron chi connectivity index (χ2n) is 10.7. The predicted octanol–water partition coefficient (Wildman–Crippen LogP) is 6.09. The predicted molar refractivity (Wildman–Crippen MR) is 156 cm³/mol. The zero-order chi connectivity index (χ0) is 26.9. The lowest BCUT2D eigenvalue weighted by atomic mass is 9.95. The van der Waals surface area contributed by atoms with Crippen LogP contribution in [0.25, 0.3) is 0 Å².